The summed E-state index contributed by atoms with van der Waals surface area (Å²) in [5, 5.41) is 8.43. The van der Waals surface area contributed by atoms with Gasteiger partial charge in [0.1, 0.15) is 0 Å². The lowest BCUT2D eigenvalue weighted by molar-refractivity contribution is -0.140. The molecule has 2 atom stereocenters. The molecule has 5 nitrogen and oxygen atoms in total. The molecule has 0 saturated carbocycles. The maximum atomic E-state index is 11.6. The number of carbonyl (C=O) groups is 2. The molecule has 0 heterocycles. The molecule has 2 unspecified atom stereocenters. The molecule has 0 aliphatic rings. The lowest BCUT2D eigenvalue weighted by atomic mass is 10.1. The minimum atomic E-state index is -0.413. The van der Waals surface area contributed by atoms with Crippen molar-refractivity contribution >= 4 is 11.7 Å². The fourth-order valence-electron chi connectivity index (χ4n) is 1.04. The Balaban J connectivity index is 4.30. The summed E-state index contributed by atoms with van der Waals surface area (Å²) in [6.07, 6.45) is 0. The lowest BCUT2D eigenvalue weighted by Crippen LogP contribution is -2.43. The Labute approximate surface area is 84.0 Å². The van der Waals surface area contributed by atoms with Gasteiger partial charge in [-0.1, -0.05) is 6.92 Å². The summed E-state index contributed by atoms with van der Waals surface area (Å²) in [7, 11) is 1.59. The van der Waals surface area contributed by atoms with Crippen LogP contribution in [0.1, 0.15) is 20.8 Å². The van der Waals surface area contributed by atoms with Gasteiger partial charge in [0.15, 0.2) is 5.78 Å². The normalized spacial score (nSPS) is 14.6. The lowest BCUT2D eigenvalue weighted by Gasteiger charge is -2.25. The van der Waals surface area contributed by atoms with Gasteiger partial charge in [0.25, 0.3) is 0 Å². The van der Waals surface area contributed by atoms with Crippen molar-refractivity contribution in [3.63, 3.8) is 0 Å². The van der Waals surface area contributed by atoms with Crippen LogP contribution in [0.5, 0.6) is 0 Å². The Hall–Kier alpha value is -0.940. The van der Waals surface area contributed by atoms with Crippen LogP contribution in [0, 0.1) is 5.92 Å². The Kier molecular flexibility index (Phi) is 5.34. The highest BCUT2D eigenvalue weighted by Gasteiger charge is 2.23. The van der Waals surface area contributed by atoms with Crippen LogP contribution in [0.4, 0.5) is 0 Å². The number of hydroxylamine groups is 1. The fourth-order valence-corrected chi connectivity index (χ4v) is 1.04. The van der Waals surface area contributed by atoms with Crippen molar-refractivity contribution < 1.29 is 14.8 Å². The second kappa shape index (κ2) is 5.72. The minimum Gasteiger partial charge on any atom is -0.336 e. The molecule has 0 rings (SSSR count). The Morgan fingerprint density at radius 3 is 2.29 bits per heavy atom. The smallest absolute Gasteiger partial charge is 0.227 e. The summed E-state index contributed by atoms with van der Waals surface area (Å²) in [5.41, 5.74) is 1.94. The van der Waals surface area contributed by atoms with Crippen LogP contribution in [0.3, 0.4) is 0 Å². The number of nitrogens with zero attached hydrogens (tertiary/aromatic N) is 1. The molecule has 0 bridgehead atoms. The molecule has 0 aromatic rings. The Morgan fingerprint density at radius 2 is 1.93 bits per heavy atom. The van der Waals surface area contributed by atoms with Crippen molar-refractivity contribution in [2.45, 2.75) is 26.8 Å². The van der Waals surface area contributed by atoms with Crippen LogP contribution in [0.15, 0.2) is 0 Å². The molecule has 82 valence electrons. The SMILES string of the molecule is CC(=O)C(C)N(C)C(=O)C(C)CNO. The summed E-state index contributed by atoms with van der Waals surface area (Å²) in [6, 6.07) is -0.413. The first kappa shape index (κ1) is 13.1. The molecular weight excluding hydrogens is 184 g/mol. The molecule has 1 amide bonds. The highest BCUT2D eigenvalue weighted by atomic mass is 16.5. The topological polar surface area (TPSA) is 69.6 Å². The third kappa shape index (κ3) is 3.43. The van der Waals surface area contributed by atoms with Crippen LogP contribution in [0.25, 0.3) is 0 Å². The van der Waals surface area contributed by atoms with Gasteiger partial charge in [-0.15, -0.1) is 0 Å². The van der Waals surface area contributed by atoms with Crippen LogP contribution in [-0.4, -0.2) is 41.4 Å². The summed E-state index contributed by atoms with van der Waals surface area (Å²) < 4.78 is 0. The molecule has 2 N–H and O–H groups in total. The second-order valence-corrected chi connectivity index (χ2v) is 3.50. The zero-order valence-corrected chi connectivity index (χ0v) is 9.07. The van der Waals surface area contributed by atoms with E-state index in [1.165, 1.54) is 11.8 Å². The molecule has 5 heteroatoms. The minimum absolute atomic E-state index is 0.0509. The second-order valence-electron chi connectivity index (χ2n) is 3.50. The molecule has 14 heavy (non-hydrogen) atoms. The zero-order valence-electron chi connectivity index (χ0n) is 9.07. The van der Waals surface area contributed by atoms with E-state index in [1.807, 2.05) is 5.48 Å². The van der Waals surface area contributed by atoms with E-state index in [0.29, 0.717) is 0 Å². The standard InChI is InChI=1S/C9H18N2O3/c1-6(5-10-14)9(13)11(4)7(2)8(3)12/h6-7,10,14H,5H2,1-4H3. The van der Waals surface area contributed by atoms with Crippen molar-refractivity contribution in [2.75, 3.05) is 13.6 Å². The van der Waals surface area contributed by atoms with E-state index >= 15 is 0 Å². The van der Waals surface area contributed by atoms with Crippen LogP contribution >= 0.6 is 0 Å². The van der Waals surface area contributed by atoms with Crippen molar-refractivity contribution in [3.8, 4) is 0 Å². The van der Waals surface area contributed by atoms with Gasteiger partial charge in [-0.05, 0) is 13.8 Å². The first-order valence-electron chi connectivity index (χ1n) is 4.55. The molecule has 0 saturated heterocycles. The number of carbonyl (C=O) groups excluding carboxylic acids is 2. The molecule has 0 aromatic heterocycles. The van der Waals surface area contributed by atoms with Gasteiger partial charge in [0.2, 0.25) is 5.91 Å². The number of Topliss-reactive ketones (excluding diaryl/α,β-unsaturated/α-hetero) is 1. The predicted octanol–water partition coefficient (Wildman–Crippen LogP) is 0.0372. The molecule has 0 aliphatic heterocycles. The zero-order chi connectivity index (χ0) is 11.3. The predicted molar refractivity (Wildman–Crippen MR) is 51.9 cm³/mol. The highest BCUT2D eigenvalue weighted by molar-refractivity contribution is 5.87. The van der Waals surface area contributed by atoms with E-state index in [9.17, 15) is 9.59 Å². The first-order chi connectivity index (χ1) is 6.41. The number of amides is 1. The van der Waals surface area contributed by atoms with Gasteiger partial charge < -0.3 is 10.1 Å². The number of hydrogen-bond donors (Lipinski definition) is 2. The van der Waals surface area contributed by atoms with E-state index in [1.54, 1.807) is 20.9 Å². The number of rotatable bonds is 5. The van der Waals surface area contributed by atoms with E-state index in [0.717, 1.165) is 0 Å². The quantitative estimate of drug-likeness (QED) is 0.617. The maximum Gasteiger partial charge on any atom is 0.227 e. The van der Waals surface area contributed by atoms with Gasteiger partial charge in [-0.25, -0.2) is 5.48 Å². The number of nitrogens with one attached hydrogen (secondary N) is 1. The van der Waals surface area contributed by atoms with Crippen molar-refractivity contribution in [1.29, 1.82) is 0 Å². The fraction of sp³-hybridized carbons (Fsp3) is 0.778. The van der Waals surface area contributed by atoms with Crippen LogP contribution in [0.2, 0.25) is 0 Å². The average molecular weight is 202 g/mol. The van der Waals surface area contributed by atoms with E-state index < -0.39 is 6.04 Å². The molecule has 0 aliphatic carbocycles. The average Bonchev–Trinajstić information content (AvgIpc) is 2.14. The third-order valence-corrected chi connectivity index (χ3v) is 2.34. The van der Waals surface area contributed by atoms with E-state index in [4.69, 9.17) is 5.21 Å². The summed E-state index contributed by atoms with van der Waals surface area (Å²) in [6.45, 7) is 5.01. The molecule has 0 radical (unpaired) electrons. The van der Waals surface area contributed by atoms with Gasteiger partial charge in [-0.2, -0.15) is 0 Å². The monoisotopic (exact) mass is 202 g/mol. The highest BCUT2D eigenvalue weighted by Crippen LogP contribution is 2.04. The van der Waals surface area contributed by atoms with E-state index in [2.05, 4.69) is 0 Å². The maximum absolute atomic E-state index is 11.6. The van der Waals surface area contributed by atoms with Gasteiger partial charge in [-0.3, -0.25) is 9.59 Å². The van der Waals surface area contributed by atoms with E-state index in [-0.39, 0.29) is 24.2 Å². The largest absolute Gasteiger partial charge is 0.336 e. The van der Waals surface area contributed by atoms with Crippen LogP contribution in [-0.2, 0) is 9.59 Å². The number of hydrogen-bond acceptors (Lipinski definition) is 4. The third-order valence-electron chi connectivity index (χ3n) is 2.34. The Morgan fingerprint density at radius 1 is 1.43 bits per heavy atom. The van der Waals surface area contributed by atoms with Crippen molar-refractivity contribution in [3.05, 3.63) is 0 Å². The van der Waals surface area contributed by atoms with Gasteiger partial charge >= 0.3 is 0 Å². The van der Waals surface area contributed by atoms with Crippen molar-refractivity contribution in [1.82, 2.24) is 10.4 Å². The number of likely N-dealkylation sites (N-methyl/N-ethyl adjacent to an activating group) is 1. The van der Waals surface area contributed by atoms with Gasteiger partial charge in [0.05, 0.1) is 12.0 Å². The summed E-state index contributed by atoms with van der Waals surface area (Å²) >= 11 is 0. The van der Waals surface area contributed by atoms with Gasteiger partial charge in [0, 0.05) is 13.6 Å². The molecule has 0 aromatic carbocycles. The molecule has 0 spiro atoms. The molecule has 0 fully saturated rings. The molecular formula is C9H18N2O3. The van der Waals surface area contributed by atoms with Crippen molar-refractivity contribution in [2.24, 2.45) is 5.92 Å². The summed E-state index contributed by atoms with van der Waals surface area (Å²) in [5.74, 6) is -0.550. The number of ketones is 1. The first-order valence-corrected chi connectivity index (χ1v) is 4.55. The van der Waals surface area contributed by atoms with Crippen LogP contribution < -0.4 is 5.48 Å². The Bertz CT molecular complexity index is 218. The summed E-state index contributed by atoms with van der Waals surface area (Å²) in [4.78, 5) is 24.0.